The topological polar surface area (TPSA) is 47.6 Å². The highest BCUT2D eigenvalue weighted by Crippen LogP contribution is 2.17. The van der Waals surface area contributed by atoms with E-state index in [1.807, 2.05) is 0 Å². The van der Waals surface area contributed by atoms with Gasteiger partial charge in [-0.05, 0) is 48.9 Å². The Hall–Kier alpha value is -2.34. The molecule has 2 rings (SSSR count). The first-order valence-corrected chi connectivity index (χ1v) is 7.55. The van der Waals surface area contributed by atoms with Crippen LogP contribution in [0.5, 0.6) is 11.5 Å². The molecule has 0 aromatic heterocycles. The summed E-state index contributed by atoms with van der Waals surface area (Å²) in [5, 5.41) is 3.29. The maximum Gasteiger partial charge on any atom is 0.387 e. The zero-order chi connectivity index (χ0) is 17.5. The monoisotopic (exact) mass is 355 g/mol. The molecular weight excluding hydrogens is 340 g/mol. The van der Waals surface area contributed by atoms with Gasteiger partial charge in [-0.3, -0.25) is 4.79 Å². The molecule has 1 unspecified atom stereocenters. The van der Waals surface area contributed by atoms with Gasteiger partial charge in [-0.25, -0.2) is 0 Å². The molecule has 0 heterocycles. The van der Waals surface area contributed by atoms with Crippen LogP contribution < -0.4 is 14.8 Å². The van der Waals surface area contributed by atoms with Crippen molar-refractivity contribution in [2.24, 2.45) is 0 Å². The van der Waals surface area contributed by atoms with Crippen LogP contribution in [0.1, 0.15) is 12.5 Å². The van der Waals surface area contributed by atoms with Gasteiger partial charge < -0.3 is 14.8 Å². The Labute approximate surface area is 143 Å². The Morgan fingerprint density at radius 2 is 1.58 bits per heavy atom. The quantitative estimate of drug-likeness (QED) is 0.815. The first kappa shape index (κ1) is 18.0. The van der Waals surface area contributed by atoms with E-state index in [4.69, 9.17) is 16.3 Å². The van der Waals surface area contributed by atoms with Crippen molar-refractivity contribution < 1.29 is 23.0 Å². The van der Waals surface area contributed by atoms with Gasteiger partial charge in [0.25, 0.3) is 5.91 Å². The number of nitrogens with one attached hydrogen (secondary N) is 1. The Balaban J connectivity index is 1.82. The largest absolute Gasteiger partial charge is 0.481 e. The number of carbonyl (C=O) groups is 1. The SMILES string of the molecule is CC(Oc1ccc(Cl)cc1)C(=O)NCc1ccc(OC(F)F)cc1. The number of rotatable bonds is 7. The van der Waals surface area contributed by atoms with Crippen molar-refractivity contribution in [3.8, 4) is 11.5 Å². The fraction of sp³-hybridized carbons (Fsp3) is 0.235. The van der Waals surface area contributed by atoms with E-state index in [0.717, 1.165) is 5.56 Å². The number of hydrogen-bond acceptors (Lipinski definition) is 3. The molecule has 1 amide bonds. The summed E-state index contributed by atoms with van der Waals surface area (Å²) in [6.45, 7) is -0.979. The van der Waals surface area contributed by atoms with Crippen LogP contribution in [-0.2, 0) is 11.3 Å². The minimum Gasteiger partial charge on any atom is -0.481 e. The number of hydrogen-bond donors (Lipinski definition) is 1. The van der Waals surface area contributed by atoms with Crippen LogP contribution in [0.25, 0.3) is 0 Å². The zero-order valence-electron chi connectivity index (χ0n) is 12.8. The molecule has 7 heteroatoms. The molecule has 0 radical (unpaired) electrons. The number of benzene rings is 2. The second-order valence-electron chi connectivity index (χ2n) is 4.95. The maximum absolute atomic E-state index is 12.1. The third-order valence-electron chi connectivity index (χ3n) is 3.11. The predicted molar refractivity (Wildman–Crippen MR) is 86.5 cm³/mol. The standard InChI is InChI=1S/C17H16ClF2NO3/c1-11(23-14-8-4-13(18)5-9-14)16(22)21-10-12-2-6-15(7-3-12)24-17(19)20/h2-9,11,17H,10H2,1H3,(H,21,22). The third kappa shape index (κ3) is 5.70. The van der Waals surface area contributed by atoms with E-state index in [1.54, 1.807) is 43.3 Å². The lowest BCUT2D eigenvalue weighted by atomic mass is 10.2. The summed E-state index contributed by atoms with van der Waals surface area (Å²) in [5.74, 6) is 0.313. The van der Waals surface area contributed by atoms with E-state index < -0.39 is 12.7 Å². The minimum absolute atomic E-state index is 0.0690. The van der Waals surface area contributed by atoms with Gasteiger partial charge in [0, 0.05) is 11.6 Å². The van der Waals surface area contributed by atoms with Gasteiger partial charge in [0.2, 0.25) is 0 Å². The van der Waals surface area contributed by atoms with Crippen molar-refractivity contribution in [3.63, 3.8) is 0 Å². The molecule has 0 spiro atoms. The number of halogens is 3. The highest BCUT2D eigenvalue weighted by Gasteiger charge is 2.14. The normalized spacial score (nSPS) is 11.9. The van der Waals surface area contributed by atoms with Crippen molar-refractivity contribution in [2.75, 3.05) is 0 Å². The summed E-state index contributed by atoms with van der Waals surface area (Å²) in [7, 11) is 0. The summed E-state index contributed by atoms with van der Waals surface area (Å²) in [6, 6.07) is 12.7. The molecule has 0 fully saturated rings. The van der Waals surface area contributed by atoms with Crippen LogP contribution in [0, 0.1) is 0 Å². The molecule has 0 aliphatic carbocycles. The molecule has 0 bridgehead atoms. The van der Waals surface area contributed by atoms with Crippen LogP contribution in [0.3, 0.4) is 0 Å². The predicted octanol–water partition coefficient (Wildman–Crippen LogP) is 4.03. The first-order chi connectivity index (χ1) is 11.4. The van der Waals surface area contributed by atoms with Crippen molar-refractivity contribution in [2.45, 2.75) is 26.2 Å². The molecule has 2 aromatic rings. The summed E-state index contributed by atoms with van der Waals surface area (Å²) < 4.78 is 33.9. The third-order valence-corrected chi connectivity index (χ3v) is 3.36. The Kier molecular flexibility index (Phi) is 6.37. The molecule has 1 atom stereocenters. The average molecular weight is 356 g/mol. The molecular formula is C17H16ClF2NO3. The van der Waals surface area contributed by atoms with Crippen molar-refractivity contribution in [1.29, 1.82) is 0 Å². The Morgan fingerprint density at radius 1 is 1.04 bits per heavy atom. The first-order valence-electron chi connectivity index (χ1n) is 7.18. The summed E-state index contributed by atoms with van der Waals surface area (Å²) >= 11 is 5.78. The average Bonchev–Trinajstić information content (AvgIpc) is 2.55. The smallest absolute Gasteiger partial charge is 0.387 e. The second-order valence-corrected chi connectivity index (χ2v) is 5.39. The zero-order valence-corrected chi connectivity index (χ0v) is 13.6. The van der Waals surface area contributed by atoms with Crippen LogP contribution in [0.15, 0.2) is 48.5 Å². The molecule has 1 N–H and O–H groups in total. The van der Waals surface area contributed by atoms with Gasteiger partial charge in [-0.2, -0.15) is 8.78 Å². The van der Waals surface area contributed by atoms with Gasteiger partial charge in [0.15, 0.2) is 6.10 Å². The molecule has 2 aromatic carbocycles. The van der Waals surface area contributed by atoms with Gasteiger partial charge in [-0.1, -0.05) is 23.7 Å². The molecule has 0 aliphatic rings. The minimum atomic E-state index is -2.86. The molecule has 0 saturated heterocycles. The van der Waals surface area contributed by atoms with E-state index in [0.29, 0.717) is 10.8 Å². The maximum atomic E-state index is 12.1. The highest BCUT2D eigenvalue weighted by atomic mass is 35.5. The van der Waals surface area contributed by atoms with E-state index in [2.05, 4.69) is 10.1 Å². The lowest BCUT2D eigenvalue weighted by Crippen LogP contribution is -2.35. The van der Waals surface area contributed by atoms with Gasteiger partial charge in [-0.15, -0.1) is 0 Å². The number of alkyl halides is 2. The molecule has 24 heavy (non-hydrogen) atoms. The summed E-state index contributed by atoms with van der Waals surface area (Å²) in [6.07, 6.45) is -0.687. The number of amides is 1. The Morgan fingerprint density at radius 3 is 2.17 bits per heavy atom. The van der Waals surface area contributed by atoms with Crippen LogP contribution in [0.2, 0.25) is 5.02 Å². The van der Waals surface area contributed by atoms with Gasteiger partial charge in [0.1, 0.15) is 11.5 Å². The van der Waals surface area contributed by atoms with E-state index >= 15 is 0 Å². The van der Waals surface area contributed by atoms with Crippen molar-refractivity contribution >= 4 is 17.5 Å². The summed E-state index contributed by atoms with van der Waals surface area (Å²) in [5.41, 5.74) is 0.753. The fourth-order valence-corrected chi connectivity index (χ4v) is 2.02. The molecule has 128 valence electrons. The molecule has 4 nitrogen and oxygen atoms in total. The van der Waals surface area contributed by atoms with Gasteiger partial charge >= 0.3 is 6.61 Å². The van der Waals surface area contributed by atoms with E-state index in [9.17, 15) is 13.6 Å². The number of ether oxygens (including phenoxy) is 2. The van der Waals surface area contributed by atoms with E-state index in [-0.39, 0.29) is 18.2 Å². The second kappa shape index (κ2) is 8.49. The Bertz CT molecular complexity index is 663. The lowest BCUT2D eigenvalue weighted by Gasteiger charge is -2.15. The van der Waals surface area contributed by atoms with Crippen LogP contribution >= 0.6 is 11.6 Å². The van der Waals surface area contributed by atoms with E-state index in [1.165, 1.54) is 12.1 Å². The molecule has 0 saturated carbocycles. The van der Waals surface area contributed by atoms with Crippen molar-refractivity contribution in [3.05, 3.63) is 59.1 Å². The lowest BCUT2D eigenvalue weighted by molar-refractivity contribution is -0.127. The molecule has 0 aliphatic heterocycles. The van der Waals surface area contributed by atoms with Crippen molar-refractivity contribution in [1.82, 2.24) is 5.32 Å². The van der Waals surface area contributed by atoms with Crippen LogP contribution in [0.4, 0.5) is 8.78 Å². The van der Waals surface area contributed by atoms with Gasteiger partial charge in [0.05, 0.1) is 0 Å². The van der Waals surface area contributed by atoms with Crippen LogP contribution in [-0.4, -0.2) is 18.6 Å². The fourth-order valence-electron chi connectivity index (χ4n) is 1.89. The number of carbonyl (C=O) groups excluding carboxylic acids is 1. The summed E-state index contributed by atoms with van der Waals surface area (Å²) in [4.78, 5) is 12.0. The highest BCUT2D eigenvalue weighted by molar-refractivity contribution is 6.30.